The molecule has 0 aromatic carbocycles. The van der Waals surface area contributed by atoms with E-state index in [4.69, 9.17) is 0 Å². The zero-order chi connectivity index (χ0) is 11.7. The molecule has 2 aliphatic carbocycles. The van der Waals surface area contributed by atoms with Gasteiger partial charge in [-0.15, -0.1) is 0 Å². The molecule has 1 aromatic rings. The first kappa shape index (κ1) is 11.0. The molecule has 0 spiro atoms. The van der Waals surface area contributed by atoms with E-state index in [0.29, 0.717) is 0 Å². The minimum absolute atomic E-state index is 0.841. The van der Waals surface area contributed by atoms with Crippen LogP contribution in [0.3, 0.4) is 0 Å². The molecule has 17 heavy (non-hydrogen) atoms. The summed E-state index contributed by atoms with van der Waals surface area (Å²) in [4.78, 5) is 11.1. The Kier molecular flexibility index (Phi) is 2.97. The molecule has 0 radical (unpaired) electrons. The van der Waals surface area contributed by atoms with Crippen LogP contribution in [0.1, 0.15) is 30.5 Å². The molecule has 1 heterocycles. The summed E-state index contributed by atoms with van der Waals surface area (Å²) in [6.45, 7) is 2.08. The molecule has 2 aliphatic rings. The molecule has 0 unspecified atom stereocenters. The van der Waals surface area contributed by atoms with Gasteiger partial charge in [-0.25, -0.2) is 9.97 Å². The summed E-state index contributed by atoms with van der Waals surface area (Å²) in [5.74, 6) is 1.07. The average Bonchev–Trinajstić information content (AvgIpc) is 3.07. The van der Waals surface area contributed by atoms with Gasteiger partial charge in [0.1, 0.15) is 12.1 Å². The number of aromatic nitrogens is 2. The van der Waals surface area contributed by atoms with Gasteiger partial charge in [0.05, 0.1) is 0 Å². The molecule has 1 saturated carbocycles. The summed E-state index contributed by atoms with van der Waals surface area (Å²) >= 11 is 0. The monoisotopic (exact) mass is 232 g/mol. The molecule has 92 valence electrons. The zero-order valence-corrected chi connectivity index (χ0v) is 10.4. The lowest BCUT2D eigenvalue weighted by molar-refractivity contribution is 0.337. The van der Waals surface area contributed by atoms with Crippen molar-refractivity contribution in [2.45, 2.75) is 38.1 Å². The Balaban J connectivity index is 1.56. The third-order valence-electron chi connectivity index (χ3n) is 3.80. The Morgan fingerprint density at radius 1 is 1.35 bits per heavy atom. The maximum absolute atomic E-state index is 4.37. The Labute approximate surface area is 102 Å². The van der Waals surface area contributed by atoms with Gasteiger partial charge in [0, 0.05) is 30.4 Å². The van der Waals surface area contributed by atoms with Crippen molar-refractivity contribution in [3.05, 3.63) is 17.6 Å². The number of fused-ring (bicyclic) bond motifs is 1. The zero-order valence-electron chi connectivity index (χ0n) is 10.4. The minimum Gasteiger partial charge on any atom is -0.368 e. The van der Waals surface area contributed by atoms with Crippen molar-refractivity contribution in [2.75, 3.05) is 25.5 Å². The summed E-state index contributed by atoms with van der Waals surface area (Å²) < 4.78 is 0. The van der Waals surface area contributed by atoms with Gasteiger partial charge in [0.25, 0.3) is 0 Å². The highest BCUT2D eigenvalue weighted by atomic mass is 15.2. The Hall–Kier alpha value is -1.16. The van der Waals surface area contributed by atoms with Crippen molar-refractivity contribution in [1.29, 1.82) is 0 Å². The number of nitrogens with one attached hydrogen (secondary N) is 1. The quantitative estimate of drug-likeness (QED) is 0.834. The highest BCUT2D eigenvalue weighted by molar-refractivity contribution is 5.47. The fourth-order valence-electron chi connectivity index (χ4n) is 2.56. The lowest BCUT2D eigenvalue weighted by atomic mass is 10.2. The van der Waals surface area contributed by atoms with Crippen LogP contribution in [-0.4, -0.2) is 41.0 Å². The minimum atomic E-state index is 0.841. The second kappa shape index (κ2) is 4.61. The lowest BCUT2D eigenvalue weighted by Gasteiger charge is -2.16. The van der Waals surface area contributed by atoms with Gasteiger partial charge in [0.15, 0.2) is 0 Å². The van der Waals surface area contributed by atoms with Gasteiger partial charge in [0.2, 0.25) is 0 Å². The third-order valence-corrected chi connectivity index (χ3v) is 3.80. The van der Waals surface area contributed by atoms with Crippen LogP contribution in [0.15, 0.2) is 6.33 Å². The van der Waals surface area contributed by atoms with E-state index in [1.165, 1.54) is 30.5 Å². The second-order valence-corrected chi connectivity index (χ2v) is 5.14. The Bertz CT molecular complexity index is 400. The molecule has 0 atom stereocenters. The summed E-state index contributed by atoms with van der Waals surface area (Å²) in [5.41, 5.74) is 2.60. The SMILES string of the molecule is CN(CCNc1ncnc2c1CCC2)C1CC1. The first-order chi connectivity index (χ1) is 8.34. The van der Waals surface area contributed by atoms with Gasteiger partial charge in [-0.2, -0.15) is 0 Å². The largest absolute Gasteiger partial charge is 0.368 e. The summed E-state index contributed by atoms with van der Waals surface area (Å²) in [5, 5.41) is 3.47. The molecule has 0 aliphatic heterocycles. The molecule has 3 rings (SSSR count). The van der Waals surface area contributed by atoms with Gasteiger partial charge in [-0.3, -0.25) is 0 Å². The fraction of sp³-hybridized carbons (Fsp3) is 0.692. The average molecular weight is 232 g/mol. The smallest absolute Gasteiger partial charge is 0.132 e. The van der Waals surface area contributed by atoms with Crippen molar-refractivity contribution in [1.82, 2.24) is 14.9 Å². The molecule has 0 amide bonds. The number of hydrogen-bond donors (Lipinski definition) is 1. The predicted molar refractivity (Wildman–Crippen MR) is 68.2 cm³/mol. The van der Waals surface area contributed by atoms with Crippen LogP contribution >= 0.6 is 0 Å². The molecular formula is C13H20N4. The number of anilines is 1. The fourth-order valence-corrected chi connectivity index (χ4v) is 2.56. The number of hydrogen-bond acceptors (Lipinski definition) is 4. The molecule has 4 nitrogen and oxygen atoms in total. The van der Waals surface area contributed by atoms with E-state index in [9.17, 15) is 0 Å². The molecule has 1 fully saturated rings. The number of aryl methyl sites for hydroxylation is 1. The van der Waals surface area contributed by atoms with Gasteiger partial charge >= 0.3 is 0 Å². The highest BCUT2D eigenvalue weighted by Gasteiger charge is 2.25. The predicted octanol–water partition coefficient (Wildman–Crippen LogP) is 1.47. The van der Waals surface area contributed by atoms with Gasteiger partial charge in [-0.1, -0.05) is 0 Å². The van der Waals surface area contributed by atoms with Crippen molar-refractivity contribution in [3.63, 3.8) is 0 Å². The van der Waals surface area contributed by atoms with Crippen LogP contribution < -0.4 is 5.32 Å². The van der Waals surface area contributed by atoms with Crippen molar-refractivity contribution < 1.29 is 0 Å². The van der Waals surface area contributed by atoms with Crippen LogP contribution in [-0.2, 0) is 12.8 Å². The van der Waals surface area contributed by atoms with E-state index in [0.717, 1.165) is 37.8 Å². The summed E-state index contributed by atoms with van der Waals surface area (Å²) in [6.07, 6.45) is 7.92. The van der Waals surface area contributed by atoms with E-state index in [1.54, 1.807) is 6.33 Å². The Morgan fingerprint density at radius 3 is 3.06 bits per heavy atom. The van der Waals surface area contributed by atoms with Crippen LogP contribution in [0.25, 0.3) is 0 Å². The van der Waals surface area contributed by atoms with Gasteiger partial charge in [-0.05, 0) is 39.2 Å². The lowest BCUT2D eigenvalue weighted by Crippen LogP contribution is -2.27. The molecule has 4 heteroatoms. The summed E-state index contributed by atoms with van der Waals surface area (Å²) in [7, 11) is 2.21. The second-order valence-electron chi connectivity index (χ2n) is 5.14. The normalized spacial score (nSPS) is 18.5. The van der Waals surface area contributed by atoms with Crippen molar-refractivity contribution >= 4 is 5.82 Å². The Morgan fingerprint density at radius 2 is 2.24 bits per heavy atom. The summed E-state index contributed by atoms with van der Waals surface area (Å²) in [6, 6.07) is 0.841. The first-order valence-electron chi connectivity index (χ1n) is 6.61. The van der Waals surface area contributed by atoms with E-state index in [-0.39, 0.29) is 0 Å². The number of nitrogens with zero attached hydrogens (tertiary/aromatic N) is 3. The first-order valence-corrected chi connectivity index (χ1v) is 6.61. The van der Waals surface area contributed by atoms with E-state index < -0.39 is 0 Å². The third kappa shape index (κ3) is 2.41. The maximum atomic E-state index is 4.37. The number of rotatable bonds is 5. The number of likely N-dealkylation sites (N-methyl/N-ethyl adjacent to an activating group) is 1. The van der Waals surface area contributed by atoms with Crippen LogP contribution in [0, 0.1) is 0 Å². The van der Waals surface area contributed by atoms with Crippen LogP contribution in [0.4, 0.5) is 5.82 Å². The molecule has 1 N–H and O–H groups in total. The van der Waals surface area contributed by atoms with E-state index >= 15 is 0 Å². The van der Waals surface area contributed by atoms with Crippen LogP contribution in [0.2, 0.25) is 0 Å². The van der Waals surface area contributed by atoms with Crippen molar-refractivity contribution in [2.24, 2.45) is 0 Å². The standard InChI is InChI=1S/C13H20N4/c1-17(10-5-6-10)8-7-14-13-11-3-2-4-12(11)15-9-16-13/h9-10H,2-8H2,1H3,(H,14,15,16). The van der Waals surface area contributed by atoms with E-state index in [2.05, 4.69) is 27.2 Å². The molecule has 0 saturated heterocycles. The molecule has 1 aromatic heterocycles. The van der Waals surface area contributed by atoms with Gasteiger partial charge < -0.3 is 10.2 Å². The topological polar surface area (TPSA) is 41.0 Å². The van der Waals surface area contributed by atoms with E-state index in [1.807, 2.05) is 0 Å². The molecular weight excluding hydrogens is 212 g/mol. The van der Waals surface area contributed by atoms with Crippen LogP contribution in [0.5, 0.6) is 0 Å². The maximum Gasteiger partial charge on any atom is 0.132 e. The molecule has 0 bridgehead atoms. The highest BCUT2D eigenvalue weighted by Crippen LogP contribution is 2.26. The van der Waals surface area contributed by atoms with Crippen molar-refractivity contribution in [3.8, 4) is 0 Å².